The smallest absolute Gasteiger partial charge is 0.221 e. The van der Waals surface area contributed by atoms with Gasteiger partial charge in [-0.1, -0.05) is 17.7 Å². The van der Waals surface area contributed by atoms with Crippen LogP contribution in [0.25, 0.3) is 5.69 Å². The van der Waals surface area contributed by atoms with Gasteiger partial charge in [-0.05, 0) is 40.8 Å². The third-order valence-corrected chi connectivity index (χ3v) is 4.38. The molecule has 1 aromatic carbocycles. The lowest BCUT2D eigenvalue weighted by molar-refractivity contribution is -0.156. The van der Waals surface area contributed by atoms with Crippen LogP contribution in [0.4, 0.5) is 0 Å². The van der Waals surface area contributed by atoms with Crippen LogP contribution in [0.5, 0.6) is 0 Å². The zero-order chi connectivity index (χ0) is 15.3. The maximum atomic E-state index is 11.9. The summed E-state index contributed by atoms with van der Waals surface area (Å²) < 4.78 is 14.3. The molecule has 1 aromatic heterocycles. The predicted octanol–water partition coefficient (Wildman–Crippen LogP) is 1.71. The fourth-order valence-electron chi connectivity index (χ4n) is 2.70. The molecule has 2 aliphatic rings. The third kappa shape index (κ3) is 2.19. The average molecular weight is 339 g/mol. The number of hydrogen-bond donors (Lipinski definition) is 0. The molecule has 2 aliphatic heterocycles. The summed E-state index contributed by atoms with van der Waals surface area (Å²) in [6.07, 6.45) is -0.699. The van der Waals surface area contributed by atoms with Crippen LogP contribution in [0.3, 0.4) is 0 Å². The molecule has 114 valence electrons. The van der Waals surface area contributed by atoms with Crippen LogP contribution in [0.15, 0.2) is 24.3 Å². The van der Waals surface area contributed by atoms with Gasteiger partial charge >= 0.3 is 0 Å². The molecular formula is C13H11ClN4O3S. The molecule has 2 bridgehead atoms. The van der Waals surface area contributed by atoms with E-state index in [1.165, 1.54) is 4.68 Å². The third-order valence-electron chi connectivity index (χ3n) is 3.78. The molecule has 0 saturated carbocycles. The van der Waals surface area contributed by atoms with Crippen LogP contribution in [-0.2, 0) is 14.3 Å². The summed E-state index contributed by atoms with van der Waals surface area (Å²) in [5.41, 5.74) is 0.715. The van der Waals surface area contributed by atoms with E-state index in [1.54, 1.807) is 22.9 Å². The predicted molar refractivity (Wildman–Crippen MR) is 78.5 cm³/mol. The van der Waals surface area contributed by atoms with Gasteiger partial charge in [0, 0.05) is 11.4 Å². The monoisotopic (exact) mass is 338 g/mol. The van der Waals surface area contributed by atoms with E-state index in [0.717, 1.165) is 0 Å². The first-order valence-corrected chi connectivity index (χ1v) is 7.52. The molecule has 0 spiro atoms. The molecule has 2 aromatic rings. The second kappa shape index (κ2) is 5.24. The first kappa shape index (κ1) is 14.0. The fraction of sp³-hybridized carbons (Fsp3) is 0.385. The molecule has 0 N–H and O–H groups in total. The van der Waals surface area contributed by atoms with Crippen molar-refractivity contribution >= 4 is 29.6 Å². The van der Waals surface area contributed by atoms with Crippen molar-refractivity contribution in [2.75, 3.05) is 6.61 Å². The molecule has 4 rings (SSSR count). The van der Waals surface area contributed by atoms with Crippen molar-refractivity contribution in [1.82, 2.24) is 19.8 Å². The molecule has 3 atom stereocenters. The number of Topliss-reactive ketones (excluding diaryl/α,β-unsaturated/α-hetero) is 1. The Labute approximate surface area is 135 Å². The number of fused-ring (bicyclic) bond motifs is 2. The molecule has 0 radical (unpaired) electrons. The van der Waals surface area contributed by atoms with Crippen LogP contribution < -0.4 is 0 Å². The fourth-order valence-corrected chi connectivity index (χ4v) is 3.20. The van der Waals surface area contributed by atoms with Crippen LogP contribution in [0.1, 0.15) is 12.5 Å². The Kier molecular flexibility index (Phi) is 3.33. The Balaban J connectivity index is 1.73. The largest absolute Gasteiger partial charge is 0.343 e. The molecule has 9 heteroatoms. The van der Waals surface area contributed by atoms with Gasteiger partial charge in [-0.15, -0.1) is 0 Å². The molecule has 22 heavy (non-hydrogen) atoms. The van der Waals surface area contributed by atoms with Crippen LogP contribution >= 0.6 is 23.8 Å². The number of tetrazole rings is 1. The van der Waals surface area contributed by atoms with Crippen molar-refractivity contribution in [3.63, 3.8) is 0 Å². The zero-order valence-corrected chi connectivity index (χ0v) is 12.8. The quantitative estimate of drug-likeness (QED) is 0.776. The van der Waals surface area contributed by atoms with E-state index in [2.05, 4.69) is 10.4 Å². The molecule has 7 nitrogen and oxygen atoms in total. The number of carbonyl (C=O) groups is 1. The Bertz CT molecular complexity index is 805. The minimum Gasteiger partial charge on any atom is -0.343 e. The van der Waals surface area contributed by atoms with E-state index in [0.29, 0.717) is 22.1 Å². The van der Waals surface area contributed by atoms with Gasteiger partial charge in [-0.25, -0.2) is 4.68 Å². The van der Waals surface area contributed by atoms with Gasteiger partial charge in [0.25, 0.3) is 0 Å². The number of aromatic nitrogens is 4. The SMILES string of the molecule is O=C1C[C@H](n2nnn(-c3cccc(Cl)c3)c2=S)[C@H]2CO[C@@H]1O2. The molecule has 0 amide bonds. The van der Waals surface area contributed by atoms with Crippen molar-refractivity contribution < 1.29 is 14.3 Å². The standard InChI is InChI=1S/C13H11ClN4O3S/c14-7-2-1-3-8(4-7)17-13(22)18(16-15-17)9-5-10(19)12-20-6-11(9)21-12/h1-4,9,11-12H,5-6H2/t9-,11+,12+/m0/s1. The van der Waals surface area contributed by atoms with Crippen LogP contribution in [0, 0.1) is 4.77 Å². The normalized spacial score (nSPS) is 27.3. The number of halogens is 1. The number of ether oxygens (including phenoxy) is 2. The summed E-state index contributed by atoms with van der Waals surface area (Å²) in [5, 5.41) is 8.74. The summed E-state index contributed by atoms with van der Waals surface area (Å²) in [7, 11) is 0. The lowest BCUT2D eigenvalue weighted by atomic mass is 10.0. The maximum Gasteiger partial charge on any atom is 0.221 e. The van der Waals surface area contributed by atoms with E-state index in [-0.39, 0.29) is 24.3 Å². The van der Waals surface area contributed by atoms with Gasteiger partial charge in [-0.2, -0.15) is 4.68 Å². The van der Waals surface area contributed by atoms with Crippen molar-refractivity contribution in [3.8, 4) is 5.69 Å². The van der Waals surface area contributed by atoms with Gasteiger partial charge < -0.3 is 9.47 Å². The second-order valence-electron chi connectivity index (χ2n) is 5.18. The Morgan fingerprint density at radius 3 is 3.05 bits per heavy atom. The first-order chi connectivity index (χ1) is 10.6. The van der Waals surface area contributed by atoms with Crippen molar-refractivity contribution in [1.29, 1.82) is 0 Å². The lowest BCUT2D eigenvalue weighted by Gasteiger charge is -2.25. The van der Waals surface area contributed by atoms with E-state index < -0.39 is 6.29 Å². The highest BCUT2D eigenvalue weighted by molar-refractivity contribution is 7.71. The number of nitrogens with zero attached hydrogens (tertiary/aromatic N) is 4. The molecular weight excluding hydrogens is 328 g/mol. The van der Waals surface area contributed by atoms with E-state index >= 15 is 0 Å². The van der Waals surface area contributed by atoms with E-state index in [1.807, 2.05) is 6.07 Å². The highest BCUT2D eigenvalue weighted by Crippen LogP contribution is 2.32. The summed E-state index contributed by atoms with van der Waals surface area (Å²) in [6.45, 7) is 0.354. The average Bonchev–Trinajstić information content (AvgIpc) is 3.09. The molecule has 0 aliphatic carbocycles. The minimum atomic E-state index is -0.738. The van der Waals surface area contributed by atoms with Crippen molar-refractivity contribution in [2.24, 2.45) is 0 Å². The maximum absolute atomic E-state index is 11.9. The number of rotatable bonds is 2. The van der Waals surface area contributed by atoms with E-state index in [9.17, 15) is 4.79 Å². The molecule has 2 saturated heterocycles. The number of benzene rings is 1. The Morgan fingerprint density at radius 2 is 2.23 bits per heavy atom. The van der Waals surface area contributed by atoms with Crippen molar-refractivity contribution in [3.05, 3.63) is 34.1 Å². The summed E-state index contributed by atoms with van der Waals surface area (Å²) in [4.78, 5) is 11.9. The van der Waals surface area contributed by atoms with Gasteiger partial charge in [-0.3, -0.25) is 4.79 Å². The highest BCUT2D eigenvalue weighted by Gasteiger charge is 2.45. The molecule has 3 heterocycles. The topological polar surface area (TPSA) is 71.2 Å². The number of carbonyl (C=O) groups excluding carboxylic acids is 1. The summed E-state index contributed by atoms with van der Waals surface area (Å²) >= 11 is 11.4. The molecule has 0 unspecified atom stereocenters. The van der Waals surface area contributed by atoms with Gasteiger partial charge in [0.05, 0.1) is 18.3 Å². The summed E-state index contributed by atoms with van der Waals surface area (Å²) in [6, 6.07) is 6.85. The van der Waals surface area contributed by atoms with E-state index in [4.69, 9.17) is 33.3 Å². The second-order valence-corrected chi connectivity index (χ2v) is 5.98. The van der Waals surface area contributed by atoms with Gasteiger partial charge in [0.1, 0.15) is 6.10 Å². The van der Waals surface area contributed by atoms with Crippen molar-refractivity contribution in [2.45, 2.75) is 24.9 Å². The zero-order valence-electron chi connectivity index (χ0n) is 11.3. The summed E-state index contributed by atoms with van der Waals surface area (Å²) in [5.74, 6) is -0.0991. The van der Waals surface area contributed by atoms with Gasteiger partial charge in [0.2, 0.25) is 11.1 Å². The highest BCUT2D eigenvalue weighted by atomic mass is 35.5. The number of ketones is 1. The lowest BCUT2D eigenvalue weighted by Crippen LogP contribution is -2.37. The molecule has 2 fully saturated rings. The Morgan fingerprint density at radius 1 is 1.36 bits per heavy atom. The van der Waals surface area contributed by atoms with Crippen LogP contribution in [-0.4, -0.2) is 44.6 Å². The first-order valence-electron chi connectivity index (χ1n) is 6.74. The minimum absolute atomic E-state index is 0.0991. The number of hydrogen-bond acceptors (Lipinski definition) is 6. The Hall–Kier alpha value is -1.61. The van der Waals surface area contributed by atoms with Crippen LogP contribution in [0.2, 0.25) is 5.02 Å². The van der Waals surface area contributed by atoms with Gasteiger partial charge in [0.15, 0.2) is 5.78 Å².